The number of piperidine rings is 1. The normalized spacial score (nSPS) is 22.6. The summed E-state index contributed by atoms with van der Waals surface area (Å²) in [6.45, 7) is 7.04. The fraction of sp³-hybridized carbons (Fsp3) is 0.706. The summed E-state index contributed by atoms with van der Waals surface area (Å²) in [5, 5.41) is 8.81. The van der Waals surface area contributed by atoms with Crippen molar-refractivity contribution in [2.45, 2.75) is 71.0 Å². The van der Waals surface area contributed by atoms with Crippen molar-refractivity contribution in [3.05, 3.63) is 29.2 Å². The Bertz CT molecular complexity index is 672. The topological polar surface area (TPSA) is 60.0 Å². The van der Waals surface area contributed by atoms with Gasteiger partial charge in [0.1, 0.15) is 0 Å². The summed E-state index contributed by atoms with van der Waals surface area (Å²) in [7, 11) is 0. The quantitative estimate of drug-likeness (QED) is 0.849. The Balaban J connectivity index is 1.44. The molecule has 2 fully saturated rings. The van der Waals surface area contributed by atoms with Crippen LogP contribution >= 0.6 is 0 Å². The average Bonchev–Trinajstić information content (AvgIpc) is 3.20. The maximum absolute atomic E-state index is 5.40. The van der Waals surface area contributed by atoms with Crippen LogP contribution in [0.2, 0.25) is 0 Å². The Morgan fingerprint density at radius 1 is 1.22 bits per heavy atom. The summed E-state index contributed by atoms with van der Waals surface area (Å²) in [4.78, 5) is 7.09. The van der Waals surface area contributed by atoms with Crippen LogP contribution in [-0.2, 0) is 13.1 Å². The van der Waals surface area contributed by atoms with Gasteiger partial charge in [0.05, 0.1) is 18.8 Å². The van der Waals surface area contributed by atoms with E-state index in [2.05, 4.69) is 44.7 Å². The average molecular weight is 315 g/mol. The number of hydrogen-bond acceptors (Lipinski definition) is 5. The van der Waals surface area contributed by atoms with Gasteiger partial charge in [-0.15, -0.1) is 0 Å². The Hall–Kier alpha value is -1.69. The van der Waals surface area contributed by atoms with Crippen LogP contribution in [0, 0.1) is 13.8 Å². The highest BCUT2D eigenvalue weighted by molar-refractivity contribution is 5.07. The van der Waals surface area contributed by atoms with Gasteiger partial charge in [0.15, 0.2) is 5.82 Å². The zero-order valence-corrected chi connectivity index (χ0v) is 14.0. The molecule has 4 rings (SSSR count). The molecule has 0 bridgehead atoms. The van der Waals surface area contributed by atoms with Crippen molar-refractivity contribution in [3.8, 4) is 0 Å². The predicted octanol–water partition coefficient (Wildman–Crippen LogP) is 2.82. The van der Waals surface area contributed by atoms with Gasteiger partial charge in [0, 0.05) is 17.7 Å². The second kappa shape index (κ2) is 6.07. The van der Waals surface area contributed by atoms with E-state index in [4.69, 9.17) is 4.52 Å². The molecule has 0 spiro atoms. The summed E-state index contributed by atoms with van der Waals surface area (Å²) in [6, 6.07) is 2.65. The highest BCUT2D eigenvalue weighted by Gasteiger charge is 2.30. The van der Waals surface area contributed by atoms with Crippen molar-refractivity contribution in [3.63, 3.8) is 0 Å². The molecule has 6 nitrogen and oxygen atoms in total. The van der Waals surface area contributed by atoms with Gasteiger partial charge in [-0.2, -0.15) is 10.1 Å². The SMILES string of the molecule is Cc1cc(C)n(C[C@H]2CCCCN2Cc2noc(C3CC3)n2)n1. The molecule has 2 aromatic rings. The van der Waals surface area contributed by atoms with Gasteiger partial charge in [0.2, 0.25) is 5.89 Å². The molecule has 0 N–H and O–H groups in total. The molecule has 23 heavy (non-hydrogen) atoms. The third-order valence-corrected chi connectivity index (χ3v) is 4.99. The molecule has 124 valence electrons. The van der Waals surface area contributed by atoms with Crippen molar-refractivity contribution in [1.82, 2.24) is 24.8 Å². The number of hydrogen-bond donors (Lipinski definition) is 0. The van der Waals surface area contributed by atoms with Crippen molar-refractivity contribution >= 4 is 0 Å². The first-order valence-electron chi connectivity index (χ1n) is 8.76. The van der Waals surface area contributed by atoms with E-state index >= 15 is 0 Å². The van der Waals surface area contributed by atoms with Crippen LogP contribution in [0.1, 0.15) is 61.1 Å². The molecule has 0 radical (unpaired) electrons. The zero-order chi connectivity index (χ0) is 15.8. The molecule has 0 unspecified atom stereocenters. The van der Waals surface area contributed by atoms with E-state index in [1.54, 1.807) is 0 Å². The molecule has 1 aliphatic carbocycles. The highest BCUT2D eigenvalue weighted by atomic mass is 16.5. The van der Waals surface area contributed by atoms with Crippen LogP contribution in [0.25, 0.3) is 0 Å². The summed E-state index contributed by atoms with van der Waals surface area (Å²) < 4.78 is 7.54. The molecule has 0 aromatic carbocycles. The van der Waals surface area contributed by atoms with Gasteiger partial charge < -0.3 is 4.52 Å². The Morgan fingerprint density at radius 3 is 2.83 bits per heavy atom. The van der Waals surface area contributed by atoms with E-state index < -0.39 is 0 Å². The number of likely N-dealkylation sites (tertiary alicyclic amines) is 1. The number of aryl methyl sites for hydroxylation is 2. The minimum absolute atomic E-state index is 0.504. The first kappa shape index (κ1) is 14.9. The van der Waals surface area contributed by atoms with E-state index in [9.17, 15) is 0 Å². The van der Waals surface area contributed by atoms with Crippen molar-refractivity contribution < 1.29 is 4.52 Å². The van der Waals surface area contributed by atoms with Crippen LogP contribution in [0.3, 0.4) is 0 Å². The smallest absolute Gasteiger partial charge is 0.229 e. The van der Waals surface area contributed by atoms with Gasteiger partial charge >= 0.3 is 0 Å². The molecule has 6 heteroatoms. The Morgan fingerprint density at radius 2 is 2.09 bits per heavy atom. The van der Waals surface area contributed by atoms with Gasteiger partial charge in [-0.3, -0.25) is 9.58 Å². The predicted molar refractivity (Wildman–Crippen MR) is 86.0 cm³/mol. The van der Waals surface area contributed by atoms with E-state index in [0.29, 0.717) is 12.0 Å². The first-order valence-corrected chi connectivity index (χ1v) is 8.76. The summed E-state index contributed by atoms with van der Waals surface area (Å²) in [5.41, 5.74) is 2.33. The largest absolute Gasteiger partial charge is 0.339 e. The standard InChI is InChI=1S/C17H25N5O/c1-12-9-13(2)22(19-12)10-15-5-3-4-8-21(15)11-16-18-17(23-20-16)14-6-7-14/h9,14-15H,3-8,10-11H2,1-2H3/t15-/m1/s1. The Labute approximate surface area is 136 Å². The second-order valence-corrected chi connectivity index (χ2v) is 7.05. The lowest BCUT2D eigenvalue weighted by atomic mass is 10.0. The minimum atomic E-state index is 0.504. The van der Waals surface area contributed by atoms with E-state index in [0.717, 1.165) is 37.0 Å². The lowest BCUT2D eigenvalue weighted by Gasteiger charge is -2.35. The van der Waals surface area contributed by atoms with E-state index in [-0.39, 0.29) is 0 Å². The molecule has 1 saturated carbocycles. The molecular formula is C17H25N5O. The first-order chi connectivity index (χ1) is 11.2. The van der Waals surface area contributed by atoms with Crippen LogP contribution in [0.15, 0.2) is 10.6 Å². The summed E-state index contributed by atoms with van der Waals surface area (Å²) >= 11 is 0. The summed E-state index contributed by atoms with van der Waals surface area (Å²) in [5.74, 6) is 2.21. The third-order valence-electron chi connectivity index (χ3n) is 4.99. The fourth-order valence-corrected chi connectivity index (χ4v) is 3.54. The maximum Gasteiger partial charge on any atom is 0.229 e. The maximum atomic E-state index is 5.40. The number of rotatable bonds is 5. The van der Waals surface area contributed by atoms with E-state index in [1.807, 2.05) is 0 Å². The van der Waals surface area contributed by atoms with Crippen molar-refractivity contribution in [2.75, 3.05) is 6.54 Å². The number of nitrogens with zero attached hydrogens (tertiary/aromatic N) is 5. The molecule has 3 heterocycles. The highest BCUT2D eigenvalue weighted by Crippen LogP contribution is 2.38. The van der Waals surface area contributed by atoms with Gasteiger partial charge in [0.25, 0.3) is 0 Å². The lowest BCUT2D eigenvalue weighted by molar-refractivity contribution is 0.117. The molecular weight excluding hydrogens is 290 g/mol. The monoisotopic (exact) mass is 315 g/mol. The summed E-state index contributed by atoms with van der Waals surface area (Å²) in [6.07, 6.45) is 6.16. The van der Waals surface area contributed by atoms with Crippen LogP contribution in [0.4, 0.5) is 0 Å². The second-order valence-electron chi connectivity index (χ2n) is 7.05. The molecule has 0 amide bonds. The molecule has 2 aliphatic rings. The molecule has 1 aliphatic heterocycles. The van der Waals surface area contributed by atoms with Crippen LogP contribution < -0.4 is 0 Å². The zero-order valence-electron chi connectivity index (χ0n) is 14.0. The van der Waals surface area contributed by atoms with Gasteiger partial charge in [-0.25, -0.2) is 0 Å². The van der Waals surface area contributed by atoms with Crippen LogP contribution in [-0.4, -0.2) is 37.4 Å². The minimum Gasteiger partial charge on any atom is -0.339 e. The molecule has 2 aromatic heterocycles. The Kier molecular flexibility index (Phi) is 3.93. The van der Waals surface area contributed by atoms with Gasteiger partial charge in [-0.05, 0) is 52.1 Å². The number of aromatic nitrogens is 4. The molecule has 1 saturated heterocycles. The van der Waals surface area contributed by atoms with E-state index in [1.165, 1.54) is 37.8 Å². The third kappa shape index (κ3) is 3.32. The van der Waals surface area contributed by atoms with Crippen molar-refractivity contribution in [2.24, 2.45) is 0 Å². The van der Waals surface area contributed by atoms with Gasteiger partial charge in [-0.1, -0.05) is 11.6 Å². The lowest BCUT2D eigenvalue weighted by Crippen LogP contribution is -2.42. The van der Waals surface area contributed by atoms with Crippen LogP contribution in [0.5, 0.6) is 0 Å². The fourth-order valence-electron chi connectivity index (χ4n) is 3.54. The van der Waals surface area contributed by atoms with Crippen molar-refractivity contribution in [1.29, 1.82) is 0 Å². The molecule has 1 atom stereocenters.